The second-order valence-corrected chi connectivity index (χ2v) is 4.93. The SMILES string of the molecule is CCc1cc(CC)c(C(N)CCC(=O)O)c(CC)c1. The number of carboxylic acid groups (broad SMARTS) is 1. The summed E-state index contributed by atoms with van der Waals surface area (Å²) in [5.41, 5.74) is 11.3. The number of hydrogen-bond donors (Lipinski definition) is 2. The molecule has 0 aliphatic heterocycles. The highest BCUT2D eigenvalue weighted by atomic mass is 16.4. The van der Waals surface area contributed by atoms with Crippen LogP contribution in [0.5, 0.6) is 0 Å². The van der Waals surface area contributed by atoms with Gasteiger partial charge in [0.1, 0.15) is 0 Å². The number of aliphatic carboxylic acids is 1. The number of nitrogens with two attached hydrogens (primary N) is 1. The molecule has 106 valence electrons. The molecule has 1 atom stereocenters. The van der Waals surface area contributed by atoms with Crippen LogP contribution in [0.25, 0.3) is 0 Å². The maximum absolute atomic E-state index is 10.7. The van der Waals surface area contributed by atoms with Gasteiger partial charge in [-0.05, 0) is 47.9 Å². The van der Waals surface area contributed by atoms with Gasteiger partial charge < -0.3 is 10.8 Å². The van der Waals surface area contributed by atoms with Gasteiger partial charge in [0.25, 0.3) is 0 Å². The molecule has 1 unspecified atom stereocenters. The molecule has 0 aliphatic rings. The molecule has 0 saturated heterocycles. The van der Waals surface area contributed by atoms with Crippen molar-refractivity contribution in [2.45, 2.75) is 58.9 Å². The topological polar surface area (TPSA) is 63.3 Å². The van der Waals surface area contributed by atoms with Crippen LogP contribution in [0, 0.1) is 0 Å². The van der Waals surface area contributed by atoms with Crippen molar-refractivity contribution in [2.24, 2.45) is 5.73 Å². The summed E-state index contributed by atoms with van der Waals surface area (Å²) in [6.07, 6.45) is 3.53. The summed E-state index contributed by atoms with van der Waals surface area (Å²) >= 11 is 0. The van der Waals surface area contributed by atoms with Gasteiger partial charge in [-0.25, -0.2) is 0 Å². The van der Waals surface area contributed by atoms with Gasteiger partial charge in [-0.2, -0.15) is 0 Å². The third-order valence-corrected chi connectivity index (χ3v) is 3.62. The number of carbonyl (C=O) groups is 1. The van der Waals surface area contributed by atoms with Gasteiger partial charge in [0.2, 0.25) is 0 Å². The van der Waals surface area contributed by atoms with E-state index in [9.17, 15) is 4.79 Å². The first-order valence-electron chi connectivity index (χ1n) is 7.15. The van der Waals surface area contributed by atoms with Crippen LogP contribution in [0.4, 0.5) is 0 Å². The predicted molar refractivity (Wildman–Crippen MR) is 78.4 cm³/mol. The molecule has 3 N–H and O–H groups in total. The van der Waals surface area contributed by atoms with Gasteiger partial charge in [-0.3, -0.25) is 4.79 Å². The van der Waals surface area contributed by atoms with Gasteiger partial charge in [-0.1, -0.05) is 32.9 Å². The van der Waals surface area contributed by atoms with Crippen LogP contribution < -0.4 is 5.73 Å². The molecule has 1 aromatic carbocycles. The van der Waals surface area contributed by atoms with Crippen molar-refractivity contribution in [3.8, 4) is 0 Å². The van der Waals surface area contributed by atoms with Crippen LogP contribution in [0.15, 0.2) is 12.1 Å². The normalized spacial score (nSPS) is 12.4. The zero-order valence-electron chi connectivity index (χ0n) is 12.2. The molecule has 0 bridgehead atoms. The van der Waals surface area contributed by atoms with Crippen LogP contribution in [0.2, 0.25) is 0 Å². The Balaban J connectivity index is 3.12. The number of rotatable bonds is 7. The van der Waals surface area contributed by atoms with Gasteiger partial charge in [-0.15, -0.1) is 0 Å². The van der Waals surface area contributed by atoms with Crippen molar-refractivity contribution in [1.82, 2.24) is 0 Å². The second-order valence-electron chi connectivity index (χ2n) is 4.93. The Hall–Kier alpha value is -1.35. The number of aryl methyl sites for hydroxylation is 3. The van der Waals surface area contributed by atoms with Crippen LogP contribution in [-0.4, -0.2) is 11.1 Å². The molecule has 1 rings (SSSR count). The minimum absolute atomic E-state index is 0.128. The lowest BCUT2D eigenvalue weighted by molar-refractivity contribution is -0.137. The first-order chi connectivity index (χ1) is 9.03. The highest BCUT2D eigenvalue weighted by Gasteiger charge is 2.16. The van der Waals surface area contributed by atoms with E-state index >= 15 is 0 Å². The second kappa shape index (κ2) is 7.29. The maximum atomic E-state index is 10.7. The lowest BCUT2D eigenvalue weighted by Gasteiger charge is -2.21. The van der Waals surface area contributed by atoms with Crippen molar-refractivity contribution in [3.05, 3.63) is 34.4 Å². The molecule has 0 radical (unpaired) electrons. The number of benzene rings is 1. The Kier molecular flexibility index (Phi) is 6.03. The summed E-state index contributed by atoms with van der Waals surface area (Å²) in [7, 11) is 0. The third-order valence-electron chi connectivity index (χ3n) is 3.62. The molecular formula is C16H25NO2. The summed E-state index contributed by atoms with van der Waals surface area (Å²) in [4.78, 5) is 10.7. The fraction of sp³-hybridized carbons (Fsp3) is 0.562. The zero-order valence-corrected chi connectivity index (χ0v) is 12.2. The summed E-state index contributed by atoms with van der Waals surface area (Å²) in [5, 5.41) is 8.79. The molecule has 0 heterocycles. The maximum Gasteiger partial charge on any atom is 0.303 e. The summed E-state index contributed by atoms with van der Waals surface area (Å²) in [6, 6.07) is 4.26. The summed E-state index contributed by atoms with van der Waals surface area (Å²) in [6.45, 7) is 6.40. The molecule has 0 aliphatic carbocycles. The van der Waals surface area contributed by atoms with E-state index in [0.717, 1.165) is 19.3 Å². The minimum atomic E-state index is -0.781. The summed E-state index contributed by atoms with van der Waals surface area (Å²) in [5.74, 6) is -0.781. The van der Waals surface area contributed by atoms with Crippen LogP contribution in [0.3, 0.4) is 0 Å². The number of hydrogen-bond acceptors (Lipinski definition) is 2. The molecule has 3 heteroatoms. The molecule has 0 saturated carbocycles. The van der Waals surface area contributed by atoms with Crippen molar-refractivity contribution >= 4 is 5.97 Å². The Morgan fingerprint density at radius 1 is 1.16 bits per heavy atom. The van der Waals surface area contributed by atoms with Crippen LogP contribution >= 0.6 is 0 Å². The lowest BCUT2D eigenvalue weighted by atomic mass is 9.88. The molecule has 0 aromatic heterocycles. The lowest BCUT2D eigenvalue weighted by Crippen LogP contribution is -2.17. The van der Waals surface area contributed by atoms with E-state index in [1.807, 2.05) is 0 Å². The molecular weight excluding hydrogens is 238 g/mol. The van der Waals surface area contributed by atoms with E-state index in [1.54, 1.807) is 0 Å². The van der Waals surface area contributed by atoms with Crippen LogP contribution in [-0.2, 0) is 24.1 Å². The summed E-state index contributed by atoms with van der Waals surface area (Å²) < 4.78 is 0. The van der Waals surface area contributed by atoms with Crippen molar-refractivity contribution in [3.63, 3.8) is 0 Å². The number of carboxylic acids is 1. The molecule has 0 fully saturated rings. The van der Waals surface area contributed by atoms with Gasteiger partial charge >= 0.3 is 5.97 Å². The highest BCUT2D eigenvalue weighted by molar-refractivity contribution is 5.66. The molecule has 0 amide bonds. The molecule has 1 aromatic rings. The van der Waals surface area contributed by atoms with Gasteiger partial charge in [0, 0.05) is 12.5 Å². The van der Waals surface area contributed by atoms with E-state index < -0.39 is 5.97 Å². The fourth-order valence-electron chi connectivity index (χ4n) is 2.54. The van der Waals surface area contributed by atoms with Crippen molar-refractivity contribution in [2.75, 3.05) is 0 Å². The van der Waals surface area contributed by atoms with Crippen molar-refractivity contribution in [1.29, 1.82) is 0 Å². The Morgan fingerprint density at radius 2 is 1.68 bits per heavy atom. The molecule has 3 nitrogen and oxygen atoms in total. The highest BCUT2D eigenvalue weighted by Crippen LogP contribution is 2.27. The Morgan fingerprint density at radius 3 is 2.05 bits per heavy atom. The third kappa shape index (κ3) is 4.06. The zero-order chi connectivity index (χ0) is 14.4. The monoisotopic (exact) mass is 263 g/mol. The first kappa shape index (κ1) is 15.7. The van der Waals surface area contributed by atoms with E-state index in [0.29, 0.717) is 6.42 Å². The van der Waals surface area contributed by atoms with Crippen molar-refractivity contribution < 1.29 is 9.90 Å². The van der Waals surface area contributed by atoms with E-state index in [1.165, 1.54) is 22.3 Å². The molecule has 0 spiro atoms. The Bertz CT molecular complexity index is 415. The Labute approximate surface area is 115 Å². The molecule has 19 heavy (non-hydrogen) atoms. The minimum Gasteiger partial charge on any atom is -0.481 e. The first-order valence-corrected chi connectivity index (χ1v) is 7.15. The van der Waals surface area contributed by atoms with E-state index in [4.69, 9.17) is 10.8 Å². The predicted octanol–water partition coefficient (Wildman–Crippen LogP) is 3.24. The van der Waals surface area contributed by atoms with E-state index in [2.05, 4.69) is 32.9 Å². The fourth-order valence-corrected chi connectivity index (χ4v) is 2.54. The van der Waals surface area contributed by atoms with Gasteiger partial charge in [0.15, 0.2) is 0 Å². The van der Waals surface area contributed by atoms with Crippen LogP contribution in [0.1, 0.15) is 61.9 Å². The van der Waals surface area contributed by atoms with Gasteiger partial charge in [0.05, 0.1) is 0 Å². The standard InChI is InChI=1S/C16H25NO2/c1-4-11-9-12(5-2)16(13(6-3)10-11)14(17)7-8-15(18)19/h9-10,14H,4-8,17H2,1-3H3,(H,18,19). The average molecular weight is 263 g/mol. The quantitative estimate of drug-likeness (QED) is 0.793. The average Bonchev–Trinajstić information content (AvgIpc) is 2.42. The van der Waals surface area contributed by atoms with E-state index in [-0.39, 0.29) is 12.5 Å². The largest absolute Gasteiger partial charge is 0.481 e. The smallest absolute Gasteiger partial charge is 0.303 e.